The van der Waals surface area contributed by atoms with Crippen LogP contribution in [0.25, 0.3) is 0 Å². The van der Waals surface area contributed by atoms with E-state index in [1.807, 2.05) is 0 Å². The third-order valence-electron chi connectivity index (χ3n) is 3.33. The van der Waals surface area contributed by atoms with E-state index < -0.39 is 12.0 Å². The molecule has 1 saturated carbocycles. The average Bonchev–Trinajstić information content (AvgIpc) is 2.24. The topological polar surface area (TPSA) is 29.4 Å². The number of rotatable bonds is 4. The van der Waals surface area contributed by atoms with Gasteiger partial charge in [0, 0.05) is 6.42 Å². The first kappa shape index (κ1) is 11.9. The Kier molecular flexibility index (Phi) is 3.34. The summed E-state index contributed by atoms with van der Waals surface area (Å²) in [6.45, 7) is 0. The molecule has 0 radical (unpaired) electrons. The molecule has 0 spiro atoms. The molecular weight excluding hydrogens is 224 g/mol. The van der Waals surface area contributed by atoms with Crippen LogP contribution in [-0.4, -0.2) is 12.5 Å². The van der Waals surface area contributed by atoms with Crippen LogP contribution in [0.3, 0.4) is 0 Å². The molecule has 0 N–H and O–H groups in total. The van der Waals surface area contributed by atoms with Gasteiger partial charge in [-0.25, -0.2) is 13.6 Å². The number of hydrogen-bond acceptors (Lipinski definition) is 2. The lowest BCUT2D eigenvalue weighted by Gasteiger charge is -2.38. The molecule has 17 heavy (non-hydrogen) atoms. The van der Waals surface area contributed by atoms with Gasteiger partial charge >= 0.3 is 0 Å². The molecule has 1 aliphatic rings. The van der Waals surface area contributed by atoms with E-state index in [2.05, 4.69) is 4.99 Å². The highest BCUT2D eigenvalue weighted by Gasteiger charge is 2.40. The minimum atomic E-state index is -2.38. The quantitative estimate of drug-likeness (QED) is 0.584. The van der Waals surface area contributed by atoms with E-state index in [1.54, 1.807) is 30.3 Å². The molecule has 1 fully saturated rings. The maximum atomic E-state index is 12.5. The number of halogens is 2. The van der Waals surface area contributed by atoms with Crippen LogP contribution in [0.1, 0.15) is 30.4 Å². The van der Waals surface area contributed by atoms with E-state index in [0.29, 0.717) is 5.56 Å². The van der Waals surface area contributed by atoms with Crippen LogP contribution < -0.4 is 0 Å². The molecule has 0 heterocycles. The molecule has 1 aromatic carbocycles. The normalized spacial score (nSPS) is 17.4. The van der Waals surface area contributed by atoms with Gasteiger partial charge in [-0.1, -0.05) is 24.3 Å². The van der Waals surface area contributed by atoms with E-state index in [-0.39, 0.29) is 6.42 Å². The predicted molar refractivity (Wildman–Crippen MR) is 59.8 cm³/mol. The number of aliphatic imine (C=N–C) groups is 1. The van der Waals surface area contributed by atoms with Gasteiger partial charge in [-0.3, -0.25) is 0 Å². The van der Waals surface area contributed by atoms with Gasteiger partial charge in [-0.2, -0.15) is 4.99 Å². The lowest BCUT2D eigenvalue weighted by molar-refractivity contribution is 0.147. The summed E-state index contributed by atoms with van der Waals surface area (Å²) in [6.07, 6.45) is 1.35. The third-order valence-corrected chi connectivity index (χ3v) is 3.33. The molecule has 2 nitrogen and oxygen atoms in total. The Balaban J connectivity index is 2.39. The molecular formula is C13H13F2NO. The maximum Gasteiger partial charge on any atom is 0.242 e. The zero-order chi connectivity index (χ0) is 12.3. The molecule has 2 rings (SSSR count). The number of benzene rings is 1. The Bertz CT molecular complexity index is 448. The summed E-state index contributed by atoms with van der Waals surface area (Å²) in [5, 5.41) is 0. The highest BCUT2D eigenvalue weighted by Crippen LogP contribution is 2.46. The van der Waals surface area contributed by atoms with Gasteiger partial charge in [0.15, 0.2) is 0 Å². The summed E-state index contributed by atoms with van der Waals surface area (Å²) >= 11 is 0. The van der Waals surface area contributed by atoms with Gasteiger partial charge in [-0.15, -0.1) is 0 Å². The monoisotopic (exact) mass is 237 g/mol. The molecule has 0 aromatic heterocycles. The van der Waals surface area contributed by atoms with Crippen molar-refractivity contribution in [1.29, 1.82) is 0 Å². The number of hydrogen-bond donors (Lipinski definition) is 0. The maximum absolute atomic E-state index is 12.5. The van der Waals surface area contributed by atoms with Crippen LogP contribution >= 0.6 is 0 Å². The summed E-state index contributed by atoms with van der Waals surface area (Å²) in [7, 11) is 0. The van der Waals surface area contributed by atoms with Gasteiger partial charge in [0.25, 0.3) is 0 Å². The van der Waals surface area contributed by atoms with Crippen molar-refractivity contribution in [3.63, 3.8) is 0 Å². The van der Waals surface area contributed by atoms with E-state index in [9.17, 15) is 13.6 Å². The largest absolute Gasteiger partial charge is 0.242 e. The van der Waals surface area contributed by atoms with Crippen molar-refractivity contribution in [2.45, 2.75) is 37.6 Å². The van der Waals surface area contributed by atoms with Crippen molar-refractivity contribution in [3.05, 3.63) is 35.4 Å². The average molecular weight is 237 g/mol. The Morgan fingerprint density at radius 2 is 2.06 bits per heavy atom. The Hall–Kier alpha value is -1.54. The Morgan fingerprint density at radius 3 is 2.59 bits per heavy atom. The Labute approximate surface area is 98.4 Å². The summed E-state index contributed by atoms with van der Waals surface area (Å²) in [5.74, 6) is 0. The molecule has 0 amide bonds. The SMILES string of the molecule is O=C=NC1(c2ccccc2CC(F)F)CCC1. The first-order valence-corrected chi connectivity index (χ1v) is 5.63. The molecule has 90 valence electrons. The Morgan fingerprint density at radius 1 is 1.35 bits per heavy atom. The van der Waals surface area contributed by atoms with Crippen molar-refractivity contribution >= 4 is 6.08 Å². The molecule has 0 unspecified atom stereocenters. The highest BCUT2D eigenvalue weighted by atomic mass is 19.3. The van der Waals surface area contributed by atoms with Crippen LogP contribution in [0.15, 0.2) is 29.3 Å². The fraction of sp³-hybridized carbons (Fsp3) is 0.462. The fourth-order valence-corrected chi connectivity index (χ4v) is 2.36. The second-order valence-corrected chi connectivity index (χ2v) is 4.34. The van der Waals surface area contributed by atoms with Gasteiger partial charge in [0.05, 0.1) is 5.54 Å². The molecule has 1 aliphatic carbocycles. The van der Waals surface area contributed by atoms with Crippen LogP contribution in [0.2, 0.25) is 0 Å². The van der Waals surface area contributed by atoms with Crippen molar-refractivity contribution in [2.24, 2.45) is 4.99 Å². The third kappa shape index (κ3) is 2.27. The molecule has 0 atom stereocenters. The number of isocyanates is 1. The zero-order valence-corrected chi connectivity index (χ0v) is 9.33. The standard InChI is InChI=1S/C13H13F2NO/c14-12(15)8-10-4-1-2-5-11(10)13(16-9-17)6-3-7-13/h1-2,4-5,12H,3,6-8H2. The summed E-state index contributed by atoms with van der Waals surface area (Å²) < 4.78 is 25.0. The summed E-state index contributed by atoms with van der Waals surface area (Å²) in [5.41, 5.74) is 0.754. The van der Waals surface area contributed by atoms with E-state index in [4.69, 9.17) is 0 Å². The summed E-state index contributed by atoms with van der Waals surface area (Å²) in [4.78, 5) is 14.3. The van der Waals surface area contributed by atoms with Crippen LogP contribution in [0.5, 0.6) is 0 Å². The van der Waals surface area contributed by atoms with Crippen LogP contribution in [0, 0.1) is 0 Å². The second kappa shape index (κ2) is 4.76. The van der Waals surface area contributed by atoms with Crippen molar-refractivity contribution in [3.8, 4) is 0 Å². The lowest BCUT2D eigenvalue weighted by Crippen LogP contribution is -2.33. The van der Waals surface area contributed by atoms with Crippen molar-refractivity contribution < 1.29 is 13.6 Å². The van der Waals surface area contributed by atoms with Crippen molar-refractivity contribution in [1.82, 2.24) is 0 Å². The first-order valence-electron chi connectivity index (χ1n) is 5.63. The van der Waals surface area contributed by atoms with Crippen LogP contribution in [0.4, 0.5) is 8.78 Å². The molecule has 0 saturated heterocycles. The molecule has 0 bridgehead atoms. The van der Waals surface area contributed by atoms with Gasteiger partial charge < -0.3 is 0 Å². The minimum Gasteiger partial charge on any atom is -0.211 e. The highest BCUT2D eigenvalue weighted by molar-refractivity contribution is 5.42. The van der Waals surface area contributed by atoms with Gasteiger partial charge in [0.1, 0.15) is 0 Å². The number of alkyl halides is 2. The molecule has 0 aliphatic heterocycles. The van der Waals surface area contributed by atoms with Gasteiger partial charge in [-0.05, 0) is 30.4 Å². The smallest absolute Gasteiger partial charge is 0.211 e. The summed E-state index contributed by atoms with van der Waals surface area (Å²) in [6, 6.07) is 7.00. The predicted octanol–water partition coefficient (Wildman–Crippen LogP) is 3.21. The minimum absolute atomic E-state index is 0.285. The van der Waals surface area contributed by atoms with Crippen LogP contribution in [-0.2, 0) is 16.8 Å². The lowest BCUT2D eigenvalue weighted by atomic mass is 9.70. The zero-order valence-electron chi connectivity index (χ0n) is 9.33. The molecule has 4 heteroatoms. The van der Waals surface area contributed by atoms with E-state index in [1.165, 1.54) is 0 Å². The fourth-order valence-electron chi connectivity index (χ4n) is 2.36. The van der Waals surface area contributed by atoms with Crippen molar-refractivity contribution in [2.75, 3.05) is 0 Å². The number of carbonyl (C=O) groups excluding carboxylic acids is 1. The molecule has 1 aromatic rings. The second-order valence-electron chi connectivity index (χ2n) is 4.34. The number of nitrogens with zero attached hydrogens (tertiary/aromatic N) is 1. The first-order chi connectivity index (χ1) is 8.18. The van der Waals surface area contributed by atoms with E-state index >= 15 is 0 Å². The van der Waals surface area contributed by atoms with Gasteiger partial charge in [0.2, 0.25) is 12.5 Å². The van der Waals surface area contributed by atoms with E-state index in [0.717, 1.165) is 24.8 Å².